The zero-order valence-corrected chi connectivity index (χ0v) is 15.4. The summed E-state index contributed by atoms with van der Waals surface area (Å²) < 4.78 is 7.70. The van der Waals surface area contributed by atoms with E-state index in [0.717, 1.165) is 5.56 Å². The predicted molar refractivity (Wildman–Crippen MR) is 98.2 cm³/mol. The van der Waals surface area contributed by atoms with E-state index in [1.54, 1.807) is 16.5 Å². The van der Waals surface area contributed by atoms with Crippen LogP contribution in [0.3, 0.4) is 0 Å². The van der Waals surface area contributed by atoms with Crippen LogP contribution in [0.5, 0.6) is 5.75 Å². The number of benzene rings is 1. The molecule has 0 spiro atoms. The summed E-state index contributed by atoms with van der Waals surface area (Å²) >= 11 is 0. The van der Waals surface area contributed by atoms with E-state index < -0.39 is 0 Å². The van der Waals surface area contributed by atoms with E-state index in [9.17, 15) is 9.59 Å². The number of piperazine rings is 1. The number of carbonyl (C=O) groups is 2. The van der Waals surface area contributed by atoms with E-state index in [1.165, 1.54) is 6.33 Å². The Balaban J connectivity index is 1.61. The number of fused-ring (bicyclic) bond motifs is 2. The quantitative estimate of drug-likeness (QED) is 0.779. The molecular weight excluding hydrogens is 348 g/mol. The van der Waals surface area contributed by atoms with Gasteiger partial charge in [0.25, 0.3) is 0 Å². The minimum absolute atomic E-state index is 0.0160. The van der Waals surface area contributed by atoms with E-state index in [-0.39, 0.29) is 24.4 Å². The number of anilines is 1. The fourth-order valence-corrected chi connectivity index (χ4v) is 3.56. The summed E-state index contributed by atoms with van der Waals surface area (Å²) in [6, 6.07) is 5.57. The lowest BCUT2D eigenvalue weighted by Gasteiger charge is -2.40. The van der Waals surface area contributed by atoms with E-state index in [1.807, 2.05) is 25.2 Å². The van der Waals surface area contributed by atoms with Crippen LogP contribution in [0, 0.1) is 0 Å². The van der Waals surface area contributed by atoms with Crippen molar-refractivity contribution in [3.63, 3.8) is 0 Å². The summed E-state index contributed by atoms with van der Waals surface area (Å²) in [5.74, 6) is 1.27. The van der Waals surface area contributed by atoms with E-state index >= 15 is 0 Å². The highest BCUT2D eigenvalue weighted by molar-refractivity contribution is 5.94. The molecule has 1 aromatic heterocycles. The highest BCUT2D eigenvalue weighted by Gasteiger charge is 2.31. The van der Waals surface area contributed by atoms with Crippen molar-refractivity contribution < 1.29 is 14.3 Å². The lowest BCUT2D eigenvalue weighted by Crippen LogP contribution is -2.57. The van der Waals surface area contributed by atoms with Crippen LogP contribution in [-0.4, -0.2) is 75.2 Å². The third kappa shape index (κ3) is 3.50. The monoisotopic (exact) mass is 370 g/mol. The molecule has 2 amide bonds. The molecule has 2 aromatic rings. The van der Waals surface area contributed by atoms with E-state index in [0.29, 0.717) is 43.5 Å². The third-order valence-electron chi connectivity index (χ3n) is 5.05. The van der Waals surface area contributed by atoms with Crippen LogP contribution in [0.25, 0.3) is 11.4 Å². The summed E-state index contributed by atoms with van der Waals surface area (Å²) in [5.41, 5.74) is 1.46. The van der Waals surface area contributed by atoms with Crippen molar-refractivity contribution in [3.05, 3.63) is 24.5 Å². The molecule has 3 heterocycles. The molecule has 27 heavy (non-hydrogen) atoms. The van der Waals surface area contributed by atoms with Crippen LogP contribution in [-0.2, 0) is 16.6 Å². The number of nitrogens with zero attached hydrogens (tertiary/aromatic N) is 5. The minimum Gasteiger partial charge on any atom is -0.490 e. The topological polar surface area (TPSA) is 92.6 Å². The molecule has 2 aliphatic heterocycles. The van der Waals surface area contributed by atoms with Crippen LogP contribution in [0.1, 0.15) is 6.92 Å². The average Bonchev–Trinajstić information content (AvgIpc) is 3.08. The van der Waals surface area contributed by atoms with Gasteiger partial charge in [0.2, 0.25) is 11.8 Å². The Morgan fingerprint density at radius 3 is 2.93 bits per heavy atom. The number of aromatic nitrogens is 3. The first kappa shape index (κ1) is 17.5. The van der Waals surface area contributed by atoms with Gasteiger partial charge in [0, 0.05) is 39.2 Å². The molecule has 1 fully saturated rings. The lowest BCUT2D eigenvalue weighted by atomic mass is 10.1. The molecule has 1 N–H and O–H groups in total. The molecule has 1 atom stereocenters. The maximum absolute atomic E-state index is 12.6. The smallest absolute Gasteiger partial charge is 0.238 e. The van der Waals surface area contributed by atoms with Crippen LogP contribution >= 0.6 is 0 Å². The second kappa shape index (κ2) is 6.99. The van der Waals surface area contributed by atoms with Gasteiger partial charge in [-0.15, -0.1) is 0 Å². The van der Waals surface area contributed by atoms with Crippen molar-refractivity contribution in [2.75, 3.05) is 38.1 Å². The van der Waals surface area contributed by atoms with Gasteiger partial charge < -0.3 is 15.0 Å². The first-order chi connectivity index (χ1) is 13.0. The SMILES string of the molecule is CC(=O)N1CCN2CC(=O)Nc3cc(-c4ncnn4C)ccc3OC[C@H]2C1. The Morgan fingerprint density at radius 2 is 2.19 bits per heavy atom. The molecular formula is C18H22N6O3. The van der Waals surface area contributed by atoms with Gasteiger partial charge in [0.05, 0.1) is 18.3 Å². The van der Waals surface area contributed by atoms with Crippen LogP contribution < -0.4 is 10.1 Å². The molecule has 0 bridgehead atoms. The van der Waals surface area contributed by atoms with Gasteiger partial charge in [-0.1, -0.05) is 0 Å². The molecule has 0 unspecified atom stereocenters. The van der Waals surface area contributed by atoms with Crippen molar-refractivity contribution in [2.45, 2.75) is 13.0 Å². The number of rotatable bonds is 1. The minimum atomic E-state index is -0.0989. The fraction of sp³-hybridized carbons (Fsp3) is 0.444. The molecule has 0 aliphatic carbocycles. The Kier molecular flexibility index (Phi) is 4.53. The van der Waals surface area contributed by atoms with Gasteiger partial charge in [0.1, 0.15) is 18.7 Å². The summed E-state index contributed by atoms with van der Waals surface area (Å²) in [6.45, 7) is 4.10. The van der Waals surface area contributed by atoms with Crippen molar-refractivity contribution in [2.24, 2.45) is 7.05 Å². The van der Waals surface area contributed by atoms with E-state index in [4.69, 9.17) is 4.74 Å². The number of hydrogen-bond donors (Lipinski definition) is 1. The molecule has 4 rings (SSSR count). The molecule has 142 valence electrons. The number of amides is 2. The lowest BCUT2D eigenvalue weighted by molar-refractivity contribution is -0.132. The second-order valence-electron chi connectivity index (χ2n) is 6.87. The van der Waals surface area contributed by atoms with Gasteiger partial charge in [-0.2, -0.15) is 5.10 Å². The highest BCUT2D eigenvalue weighted by atomic mass is 16.5. The van der Waals surface area contributed by atoms with Gasteiger partial charge in [-0.3, -0.25) is 14.5 Å². The van der Waals surface area contributed by atoms with Gasteiger partial charge >= 0.3 is 0 Å². The number of ether oxygens (including phenoxy) is 1. The molecule has 1 saturated heterocycles. The molecule has 0 radical (unpaired) electrons. The van der Waals surface area contributed by atoms with Gasteiger partial charge in [-0.25, -0.2) is 9.67 Å². The third-order valence-corrected chi connectivity index (χ3v) is 5.05. The maximum atomic E-state index is 12.6. The van der Waals surface area contributed by atoms with Crippen LogP contribution in [0.2, 0.25) is 0 Å². The zero-order valence-electron chi connectivity index (χ0n) is 15.4. The first-order valence-corrected chi connectivity index (χ1v) is 8.92. The summed E-state index contributed by atoms with van der Waals surface area (Å²) in [7, 11) is 1.82. The maximum Gasteiger partial charge on any atom is 0.238 e. The van der Waals surface area contributed by atoms with Crippen LogP contribution in [0.4, 0.5) is 5.69 Å². The van der Waals surface area contributed by atoms with Crippen molar-refractivity contribution in [1.82, 2.24) is 24.6 Å². The fourth-order valence-electron chi connectivity index (χ4n) is 3.56. The zero-order chi connectivity index (χ0) is 19.0. The largest absolute Gasteiger partial charge is 0.490 e. The summed E-state index contributed by atoms with van der Waals surface area (Å²) in [6.07, 6.45) is 1.49. The van der Waals surface area contributed by atoms with E-state index in [2.05, 4.69) is 20.3 Å². The molecule has 9 nitrogen and oxygen atoms in total. The molecule has 9 heteroatoms. The van der Waals surface area contributed by atoms with Gasteiger partial charge in [0.15, 0.2) is 5.82 Å². The first-order valence-electron chi connectivity index (χ1n) is 8.92. The number of hydrogen-bond acceptors (Lipinski definition) is 6. The number of nitrogens with one attached hydrogen (secondary N) is 1. The highest BCUT2D eigenvalue weighted by Crippen LogP contribution is 2.31. The van der Waals surface area contributed by atoms with Crippen LogP contribution in [0.15, 0.2) is 24.5 Å². The van der Waals surface area contributed by atoms with Gasteiger partial charge in [-0.05, 0) is 18.2 Å². The molecule has 2 aliphatic rings. The molecule has 1 aromatic carbocycles. The Labute approximate surface area is 156 Å². The number of aryl methyl sites for hydroxylation is 1. The Bertz CT molecular complexity index is 880. The number of carbonyl (C=O) groups excluding carboxylic acids is 2. The average molecular weight is 370 g/mol. The summed E-state index contributed by atoms with van der Waals surface area (Å²) in [4.78, 5) is 32.4. The Morgan fingerprint density at radius 1 is 1.33 bits per heavy atom. The Hall–Kier alpha value is -2.94. The predicted octanol–water partition coefficient (Wildman–Crippen LogP) is 0.346. The van der Waals surface area contributed by atoms with Crippen molar-refractivity contribution >= 4 is 17.5 Å². The van der Waals surface area contributed by atoms with Crippen molar-refractivity contribution in [1.29, 1.82) is 0 Å². The van der Waals surface area contributed by atoms with Crippen molar-refractivity contribution in [3.8, 4) is 17.1 Å². The summed E-state index contributed by atoms with van der Waals surface area (Å²) in [5, 5.41) is 7.03. The second-order valence-corrected chi connectivity index (χ2v) is 6.87. The normalized spacial score (nSPS) is 20.4. The standard InChI is InChI=1S/C18H22N6O3/c1-12(25)23-5-6-24-9-17(26)21-15-7-13(18-19-11-20-22(18)2)3-4-16(15)27-10-14(24)8-23/h3-4,7,11,14H,5-6,8-10H2,1-2H3,(H,21,26)/t14-/m1/s1. The molecule has 0 saturated carbocycles.